The number of furan rings is 1. The van der Waals surface area contributed by atoms with Crippen LogP contribution in [0.15, 0.2) is 28.7 Å². The highest BCUT2D eigenvalue weighted by atomic mass is 35.5. The molecule has 1 aromatic heterocycles. The molecule has 3 nitrogen and oxygen atoms in total. The molecule has 0 radical (unpaired) electrons. The summed E-state index contributed by atoms with van der Waals surface area (Å²) in [6, 6.07) is 6.79. The lowest BCUT2D eigenvalue weighted by Crippen LogP contribution is -2.22. The van der Waals surface area contributed by atoms with Gasteiger partial charge >= 0.3 is 0 Å². The molecule has 0 spiro atoms. The molecule has 0 aliphatic carbocycles. The van der Waals surface area contributed by atoms with Gasteiger partial charge in [-0.2, -0.15) is 0 Å². The van der Waals surface area contributed by atoms with Crippen LogP contribution in [0.3, 0.4) is 0 Å². The minimum absolute atomic E-state index is 0.177. The monoisotopic (exact) mass is 233 g/mol. The van der Waals surface area contributed by atoms with Gasteiger partial charge in [-0.05, 0) is 24.3 Å². The third-order valence-electron chi connectivity index (χ3n) is 2.05. The van der Waals surface area contributed by atoms with Crippen LogP contribution in [0, 0.1) is 12.3 Å². The molecule has 0 aliphatic rings. The second-order valence-corrected chi connectivity index (χ2v) is 3.62. The van der Waals surface area contributed by atoms with Crippen LogP contribution in [0.4, 0.5) is 0 Å². The molecule has 1 amide bonds. The Hall–Kier alpha value is -1.92. The van der Waals surface area contributed by atoms with Gasteiger partial charge < -0.3 is 9.73 Å². The summed E-state index contributed by atoms with van der Waals surface area (Å²) in [6.07, 6.45) is 5.04. The van der Waals surface area contributed by atoms with Gasteiger partial charge in [0.05, 0.1) is 6.54 Å². The van der Waals surface area contributed by atoms with Gasteiger partial charge in [0.2, 0.25) is 0 Å². The maximum atomic E-state index is 11.5. The molecule has 2 aromatic rings. The number of halogens is 1. The fourth-order valence-corrected chi connectivity index (χ4v) is 1.53. The molecule has 0 bridgehead atoms. The number of hydrogen-bond acceptors (Lipinski definition) is 2. The van der Waals surface area contributed by atoms with Gasteiger partial charge in [0.15, 0.2) is 5.76 Å². The predicted octanol–water partition coefficient (Wildman–Crippen LogP) is 2.45. The summed E-state index contributed by atoms with van der Waals surface area (Å²) in [5, 5.41) is 3.91. The first kappa shape index (κ1) is 10.6. The number of carbonyl (C=O) groups excluding carboxylic acids is 1. The number of rotatable bonds is 2. The van der Waals surface area contributed by atoms with Crippen molar-refractivity contribution in [1.29, 1.82) is 0 Å². The molecule has 0 saturated heterocycles. The van der Waals surface area contributed by atoms with E-state index in [4.69, 9.17) is 22.4 Å². The molecule has 2 rings (SSSR count). The zero-order chi connectivity index (χ0) is 11.5. The number of amides is 1. The second-order valence-electron chi connectivity index (χ2n) is 3.18. The molecule has 0 fully saturated rings. The van der Waals surface area contributed by atoms with Crippen LogP contribution in [0.2, 0.25) is 5.02 Å². The van der Waals surface area contributed by atoms with E-state index in [9.17, 15) is 4.79 Å². The number of nitrogens with one attached hydrogen (secondary N) is 1. The van der Waals surface area contributed by atoms with Crippen molar-refractivity contribution in [2.24, 2.45) is 0 Å². The average Bonchev–Trinajstić information content (AvgIpc) is 2.68. The van der Waals surface area contributed by atoms with Crippen molar-refractivity contribution in [3.8, 4) is 12.3 Å². The van der Waals surface area contributed by atoms with Crippen LogP contribution in [0.1, 0.15) is 10.6 Å². The van der Waals surface area contributed by atoms with Crippen LogP contribution >= 0.6 is 11.6 Å². The lowest BCUT2D eigenvalue weighted by molar-refractivity contribution is 0.0933. The van der Waals surface area contributed by atoms with Crippen molar-refractivity contribution in [2.45, 2.75) is 0 Å². The SMILES string of the molecule is C#CCNC(=O)c1cc2cc(Cl)ccc2o1. The lowest BCUT2D eigenvalue weighted by Gasteiger charge is -1.95. The highest BCUT2D eigenvalue weighted by molar-refractivity contribution is 6.31. The van der Waals surface area contributed by atoms with Crippen LogP contribution in [0.25, 0.3) is 11.0 Å². The summed E-state index contributed by atoms with van der Waals surface area (Å²) in [5.41, 5.74) is 0.621. The molecule has 80 valence electrons. The third kappa shape index (κ3) is 2.02. The largest absolute Gasteiger partial charge is 0.451 e. The number of fused-ring (bicyclic) bond motifs is 1. The van der Waals surface area contributed by atoms with E-state index in [-0.39, 0.29) is 18.2 Å². The van der Waals surface area contributed by atoms with E-state index in [1.807, 2.05) is 0 Å². The first-order valence-corrected chi connectivity index (χ1v) is 4.99. The summed E-state index contributed by atoms with van der Waals surface area (Å²) in [4.78, 5) is 11.5. The van der Waals surface area contributed by atoms with E-state index >= 15 is 0 Å². The van der Waals surface area contributed by atoms with Gasteiger partial charge in [-0.3, -0.25) is 4.79 Å². The fourth-order valence-electron chi connectivity index (χ4n) is 1.34. The average molecular weight is 234 g/mol. The first-order valence-electron chi connectivity index (χ1n) is 4.61. The Balaban J connectivity index is 2.33. The smallest absolute Gasteiger partial charge is 0.287 e. The molecule has 4 heteroatoms. The van der Waals surface area contributed by atoms with Gasteiger partial charge in [0, 0.05) is 10.4 Å². The highest BCUT2D eigenvalue weighted by Gasteiger charge is 2.11. The summed E-state index contributed by atoms with van der Waals surface area (Å²) >= 11 is 5.82. The first-order chi connectivity index (χ1) is 7.70. The van der Waals surface area contributed by atoms with E-state index in [1.165, 1.54) is 0 Å². The summed E-state index contributed by atoms with van der Waals surface area (Å²) < 4.78 is 5.34. The third-order valence-corrected chi connectivity index (χ3v) is 2.29. The van der Waals surface area contributed by atoms with Crippen LogP contribution in [-0.2, 0) is 0 Å². The number of hydrogen-bond donors (Lipinski definition) is 1. The molecule has 1 N–H and O–H groups in total. The van der Waals surface area contributed by atoms with Crippen molar-refractivity contribution in [2.75, 3.05) is 6.54 Å². The van der Waals surface area contributed by atoms with E-state index in [0.717, 1.165) is 5.39 Å². The van der Waals surface area contributed by atoms with Gasteiger partial charge in [-0.25, -0.2) is 0 Å². The van der Waals surface area contributed by atoms with Gasteiger partial charge in [0.1, 0.15) is 5.58 Å². The summed E-state index contributed by atoms with van der Waals surface area (Å²) in [7, 11) is 0. The van der Waals surface area contributed by atoms with E-state index in [2.05, 4.69) is 11.2 Å². The van der Waals surface area contributed by atoms with Crippen LogP contribution in [0.5, 0.6) is 0 Å². The van der Waals surface area contributed by atoms with Crippen molar-refractivity contribution in [1.82, 2.24) is 5.32 Å². The van der Waals surface area contributed by atoms with Gasteiger partial charge in [-0.15, -0.1) is 6.42 Å². The Bertz CT molecular complexity index is 580. The van der Waals surface area contributed by atoms with E-state index in [1.54, 1.807) is 24.3 Å². The van der Waals surface area contributed by atoms with Gasteiger partial charge in [0.25, 0.3) is 5.91 Å². The predicted molar refractivity (Wildman–Crippen MR) is 62.4 cm³/mol. The maximum Gasteiger partial charge on any atom is 0.287 e. The molecular formula is C12H8ClNO2. The van der Waals surface area contributed by atoms with Crippen LogP contribution < -0.4 is 5.32 Å². The Morgan fingerprint density at radius 3 is 3.06 bits per heavy atom. The molecule has 16 heavy (non-hydrogen) atoms. The molecular weight excluding hydrogens is 226 g/mol. The number of terminal acetylenes is 1. The van der Waals surface area contributed by atoms with Crippen molar-refractivity contribution in [3.05, 3.63) is 35.0 Å². The Morgan fingerprint density at radius 1 is 1.50 bits per heavy atom. The van der Waals surface area contributed by atoms with Crippen molar-refractivity contribution < 1.29 is 9.21 Å². The topological polar surface area (TPSA) is 42.2 Å². The molecule has 1 heterocycles. The number of carbonyl (C=O) groups is 1. The summed E-state index contributed by atoms with van der Waals surface area (Å²) in [6.45, 7) is 0.177. The van der Waals surface area contributed by atoms with Crippen molar-refractivity contribution in [3.63, 3.8) is 0 Å². The molecule has 0 saturated carbocycles. The minimum Gasteiger partial charge on any atom is -0.451 e. The quantitative estimate of drug-likeness (QED) is 0.810. The Kier molecular flexibility index (Phi) is 2.84. The van der Waals surface area contributed by atoms with E-state index < -0.39 is 0 Å². The lowest BCUT2D eigenvalue weighted by atomic mass is 10.2. The molecule has 0 aliphatic heterocycles. The maximum absolute atomic E-state index is 11.5. The Morgan fingerprint density at radius 2 is 2.31 bits per heavy atom. The van der Waals surface area contributed by atoms with Gasteiger partial charge in [-0.1, -0.05) is 17.5 Å². The standard InChI is InChI=1S/C12H8ClNO2/c1-2-5-14-12(15)11-7-8-6-9(13)3-4-10(8)16-11/h1,3-4,6-7H,5H2,(H,14,15). The zero-order valence-electron chi connectivity index (χ0n) is 8.29. The van der Waals surface area contributed by atoms with Crippen molar-refractivity contribution >= 4 is 28.5 Å². The van der Waals surface area contributed by atoms with E-state index in [0.29, 0.717) is 10.6 Å². The second kappa shape index (κ2) is 4.30. The number of benzene rings is 1. The Labute approximate surface area is 97.4 Å². The normalized spacial score (nSPS) is 10.0. The molecule has 0 unspecified atom stereocenters. The van der Waals surface area contributed by atoms with Crippen LogP contribution in [-0.4, -0.2) is 12.5 Å². The molecule has 0 atom stereocenters. The highest BCUT2D eigenvalue weighted by Crippen LogP contribution is 2.22. The molecule has 1 aromatic carbocycles. The minimum atomic E-state index is -0.328. The zero-order valence-corrected chi connectivity index (χ0v) is 9.04. The fraction of sp³-hybridized carbons (Fsp3) is 0.0833. The summed E-state index contributed by atoms with van der Waals surface area (Å²) in [5.74, 6) is 2.22.